The van der Waals surface area contributed by atoms with Crippen molar-refractivity contribution in [3.05, 3.63) is 78.6 Å². The highest BCUT2D eigenvalue weighted by molar-refractivity contribution is 7.93. The van der Waals surface area contributed by atoms with Gasteiger partial charge in [-0.3, -0.25) is 14.1 Å². The Morgan fingerprint density at radius 2 is 1.63 bits per heavy atom. The molecule has 0 atom stereocenters. The van der Waals surface area contributed by atoms with Crippen molar-refractivity contribution in [2.75, 3.05) is 10.8 Å². The van der Waals surface area contributed by atoms with Crippen LogP contribution in [-0.2, 0) is 21.4 Å². The molecule has 0 aliphatic carbocycles. The number of rotatable bonds is 4. The minimum Gasteiger partial charge on any atom is -0.349 e. The van der Waals surface area contributed by atoms with Crippen LogP contribution in [0.2, 0.25) is 0 Å². The van der Waals surface area contributed by atoms with Gasteiger partial charge in [0.15, 0.2) is 0 Å². The van der Waals surface area contributed by atoms with Gasteiger partial charge in [0.05, 0.1) is 22.8 Å². The van der Waals surface area contributed by atoms with Crippen LogP contribution in [0.1, 0.15) is 5.69 Å². The van der Waals surface area contributed by atoms with Gasteiger partial charge in [-0.1, -0.05) is 42.5 Å². The second kappa shape index (κ2) is 6.85. The quantitative estimate of drug-likeness (QED) is 0.756. The number of fused-ring (bicyclic) bond motifs is 3. The van der Waals surface area contributed by atoms with Gasteiger partial charge in [0.1, 0.15) is 6.54 Å². The topological polar surface area (TPSA) is 79.4 Å². The summed E-state index contributed by atoms with van der Waals surface area (Å²) in [7, 11) is -3.82. The molecular weight excluding hydrogens is 362 g/mol. The van der Waals surface area contributed by atoms with Crippen LogP contribution in [-0.4, -0.2) is 25.9 Å². The maximum atomic E-state index is 13.1. The van der Waals surface area contributed by atoms with Crippen molar-refractivity contribution in [1.29, 1.82) is 0 Å². The summed E-state index contributed by atoms with van der Waals surface area (Å²) in [4.78, 5) is 16.8. The normalized spacial score (nSPS) is 14.1. The highest BCUT2D eigenvalue weighted by Gasteiger charge is 2.35. The van der Waals surface area contributed by atoms with Crippen LogP contribution in [0, 0.1) is 0 Å². The number of benzene rings is 2. The Morgan fingerprint density at radius 1 is 0.926 bits per heavy atom. The average Bonchev–Trinajstić information content (AvgIpc) is 2.70. The Balaban J connectivity index is 1.63. The number of hydrogen-bond donors (Lipinski definition) is 1. The van der Waals surface area contributed by atoms with Crippen molar-refractivity contribution in [1.82, 2.24) is 10.3 Å². The van der Waals surface area contributed by atoms with E-state index < -0.39 is 15.9 Å². The lowest BCUT2D eigenvalue weighted by molar-refractivity contribution is -0.119. The van der Waals surface area contributed by atoms with E-state index >= 15 is 0 Å². The largest absolute Gasteiger partial charge is 0.349 e. The highest BCUT2D eigenvalue weighted by Crippen LogP contribution is 2.42. The van der Waals surface area contributed by atoms with Gasteiger partial charge in [-0.2, -0.15) is 0 Å². The smallest absolute Gasteiger partial charge is 0.265 e. The van der Waals surface area contributed by atoms with Crippen LogP contribution in [0.15, 0.2) is 77.8 Å². The zero-order chi connectivity index (χ0) is 18.9. The molecule has 0 saturated carbocycles. The van der Waals surface area contributed by atoms with E-state index in [1.807, 2.05) is 18.2 Å². The second-order valence-electron chi connectivity index (χ2n) is 6.12. The Hall–Kier alpha value is -3.19. The molecule has 0 saturated heterocycles. The lowest BCUT2D eigenvalue weighted by Gasteiger charge is -2.31. The summed E-state index contributed by atoms with van der Waals surface area (Å²) in [5.41, 5.74) is 2.65. The number of para-hydroxylation sites is 1. The number of hydrogen-bond acceptors (Lipinski definition) is 4. The molecule has 1 amide bonds. The molecule has 1 aliphatic heterocycles. The van der Waals surface area contributed by atoms with E-state index in [4.69, 9.17) is 0 Å². The van der Waals surface area contributed by atoms with Gasteiger partial charge in [-0.15, -0.1) is 0 Å². The molecule has 2 aromatic carbocycles. The number of aromatic nitrogens is 1. The highest BCUT2D eigenvalue weighted by atomic mass is 32.2. The lowest BCUT2D eigenvalue weighted by Crippen LogP contribution is -2.42. The fourth-order valence-electron chi connectivity index (χ4n) is 3.13. The Labute approximate surface area is 157 Å². The molecule has 1 aliphatic rings. The number of anilines is 1. The molecule has 0 unspecified atom stereocenters. The zero-order valence-electron chi connectivity index (χ0n) is 14.4. The van der Waals surface area contributed by atoms with E-state index in [1.165, 1.54) is 4.31 Å². The van der Waals surface area contributed by atoms with Gasteiger partial charge in [0, 0.05) is 17.3 Å². The molecule has 0 spiro atoms. The SMILES string of the molecule is O=C(CN1c2ccccc2-c2ccccc2S1(=O)=O)NCc1ccccn1. The van der Waals surface area contributed by atoms with E-state index in [0.29, 0.717) is 16.9 Å². The van der Waals surface area contributed by atoms with Crippen LogP contribution in [0.3, 0.4) is 0 Å². The Bertz CT molecular complexity index is 1100. The lowest BCUT2D eigenvalue weighted by atomic mass is 10.0. The maximum absolute atomic E-state index is 13.1. The third-order valence-corrected chi connectivity index (χ3v) is 6.22. The minimum atomic E-state index is -3.82. The summed E-state index contributed by atoms with van der Waals surface area (Å²) in [6, 6.07) is 19.5. The number of carbonyl (C=O) groups is 1. The number of nitrogens with zero attached hydrogens (tertiary/aromatic N) is 2. The standard InChI is InChI=1S/C20H17N3O3S/c24-20(22-13-15-7-5-6-12-21-15)14-23-18-10-3-1-8-16(18)17-9-2-4-11-19(17)27(23,25)26/h1-12H,13-14H2,(H,22,24). The summed E-state index contributed by atoms with van der Waals surface area (Å²) in [5, 5.41) is 2.73. The molecule has 1 N–H and O–H groups in total. The summed E-state index contributed by atoms with van der Waals surface area (Å²) < 4.78 is 27.4. The summed E-state index contributed by atoms with van der Waals surface area (Å²) in [6.07, 6.45) is 1.64. The number of amides is 1. The summed E-state index contributed by atoms with van der Waals surface area (Å²) in [5.74, 6) is -0.390. The molecule has 2 heterocycles. The Morgan fingerprint density at radius 3 is 2.41 bits per heavy atom. The van der Waals surface area contributed by atoms with E-state index in [1.54, 1.807) is 54.7 Å². The van der Waals surface area contributed by atoms with Gasteiger partial charge < -0.3 is 5.32 Å². The van der Waals surface area contributed by atoms with E-state index in [9.17, 15) is 13.2 Å². The van der Waals surface area contributed by atoms with Crippen molar-refractivity contribution >= 4 is 21.6 Å². The van der Waals surface area contributed by atoms with Gasteiger partial charge in [0.2, 0.25) is 5.91 Å². The van der Waals surface area contributed by atoms with Gasteiger partial charge in [-0.05, 0) is 24.3 Å². The van der Waals surface area contributed by atoms with Crippen molar-refractivity contribution < 1.29 is 13.2 Å². The predicted octanol–water partition coefficient (Wildman–Crippen LogP) is 2.57. The first-order valence-corrected chi connectivity index (χ1v) is 9.89. The molecular formula is C20H17N3O3S. The first-order valence-electron chi connectivity index (χ1n) is 8.45. The third kappa shape index (κ3) is 3.17. The first kappa shape index (κ1) is 17.2. The predicted molar refractivity (Wildman–Crippen MR) is 102 cm³/mol. The molecule has 0 radical (unpaired) electrons. The molecule has 6 nitrogen and oxygen atoms in total. The minimum absolute atomic E-state index is 0.209. The van der Waals surface area contributed by atoms with E-state index in [0.717, 1.165) is 5.56 Å². The van der Waals surface area contributed by atoms with Crippen molar-refractivity contribution in [3.63, 3.8) is 0 Å². The zero-order valence-corrected chi connectivity index (χ0v) is 15.2. The van der Waals surface area contributed by atoms with E-state index in [-0.39, 0.29) is 18.0 Å². The van der Waals surface area contributed by atoms with Crippen LogP contribution in [0.4, 0.5) is 5.69 Å². The van der Waals surface area contributed by atoms with Crippen LogP contribution in [0.5, 0.6) is 0 Å². The third-order valence-electron chi connectivity index (χ3n) is 4.40. The number of pyridine rings is 1. The molecule has 7 heteroatoms. The number of carbonyl (C=O) groups excluding carboxylic acids is 1. The van der Waals surface area contributed by atoms with Crippen LogP contribution >= 0.6 is 0 Å². The van der Waals surface area contributed by atoms with Crippen molar-refractivity contribution in [2.45, 2.75) is 11.4 Å². The van der Waals surface area contributed by atoms with Crippen LogP contribution in [0.25, 0.3) is 11.1 Å². The monoisotopic (exact) mass is 379 g/mol. The summed E-state index contributed by atoms with van der Waals surface area (Å²) in [6.45, 7) is -0.0493. The van der Waals surface area contributed by atoms with Crippen molar-refractivity contribution in [3.8, 4) is 11.1 Å². The molecule has 27 heavy (non-hydrogen) atoms. The molecule has 4 rings (SSSR count). The van der Waals surface area contributed by atoms with Gasteiger partial charge >= 0.3 is 0 Å². The summed E-state index contributed by atoms with van der Waals surface area (Å²) >= 11 is 0. The number of nitrogens with one attached hydrogen (secondary N) is 1. The van der Waals surface area contributed by atoms with E-state index in [2.05, 4.69) is 10.3 Å². The molecule has 136 valence electrons. The Kier molecular flexibility index (Phi) is 4.37. The fourth-order valence-corrected chi connectivity index (χ4v) is 4.78. The van der Waals surface area contributed by atoms with Crippen molar-refractivity contribution in [2.24, 2.45) is 0 Å². The molecule has 1 aromatic heterocycles. The van der Waals surface area contributed by atoms with Gasteiger partial charge in [0.25, 0.3) is 10.0 Å². The number of sulfonamides is 1. The van der Waals surface area contributed by atoms with Crippen LogP contribution < -0.4 is 9.62 Å². The molecule has 3 aromatic rings. The van der Waals surface area contributed by atoms with Gasteiger partial charge in [-0.25, -0.2) is 8.42 Å². The fraction of sp³-hybridized carbons (Fsp3) is 0.100. The average molecular weight is 379 g/mol. The first-order chi connectivity index (χ1) is 13.1. The maximum Gasteiger partial charge on any atom is 0.265 e. The second-order valence-corrected chi connectivity index (χ2v) is 7.95. The molecule has 0 bridgehead atoms. The molecule has 0 fully saturated rings.